The van der Waals surface area contributed by atoms with E-state index in [9.17, 15) is 9.59 Å². The number of aromatic nitrogens is 1. The largest absolute Gasteiger partial charge is 0.424 e. The smallest absolute Gasteiger partial charge is 0.313 e. The zero-order valence-electron chi connectivity index (χ0n) is 21.1. The number of esters is 1. The van der Waals surface area contributed by atoms with Gasteiger partial charge in [-0.1, -0.05) is 12.1 Å². The standard InChI is InChI=1S/C24H34N6O7/c1-17(25)24(32)28-21-8-7-19(23(26)27-21)30-29-18-5-3-4-6-20(18)37-22(31)9-10-34-13-14-36-16-15-35-12-11-33-2/h3-8,17H,9-16,25H2,1-2H3,(H3,26,27,28,32)/t17-/m0/s1. The van der Waals surface area contributed by atoms with E-state index in [0.717, 1.165) is 0 Å². The maximum atomic E-state index is 12.2. The second kappa shape index (κ2) is 17.1. The van der Waals surface area contributed by atoms with Gasteiger partial charge in [-0.3, -0.25) is 9.59 Å². The molecule has 5 N–H and O–H groups in total. The third kappa shape index (κ3) is 11.9. The number of nitrogens with one attached hydrogen (secondary N) is 1. The van der Waals surface area contributed by atoms with Gasteiger partial charge >= 0.3 is 5.97 Å². The molecule has 0 aliphatic carbocycles. The van der Waals surface area contributed by atoms with Crippen molar-refractivity contribution in [2.24, 2.45) is 16.0 Å². The maximum absolute atomic E-state index is 12.2. The molecule has 0 bridgehead atoms. The average Bonchev–Trinajstić information content (AvgIpc) is 2.87. The van der Waals surface area contributed by atoms with Gasteiger partial charge in [0.15, 0.2) is 11.6 Å². The number of amides is 1. The van der Waals surface area contributed by atoms with Gasteiger partial charge in [-0.15, -0.1) is 10.2 Å². The second-order valence-corrected chi connectivity index (χ2v) is 7.60. The molecule has 2 rings (SSSR count). The van der Waals surface area contributed by atoms with Crippen LogP contribution in [0.1, 0.15) is 13.3 Å². The van der Waals surface area contributed by atoms with Crippen LogP contribution in [0, 0.1) is 0 Å². The summed E-state index contributed by atoms with van der Waals surface area (Å²) in [6, 6.07) is 9.06. The van der Waals surface area contributed by atoms with Crippen LogP contribution < -0.4 is 21.5 Å². The van der Waals surface area contributed by atoms with E-state index in [1.165, 1.54) is 6.07 Å². The van der Waals surface area contributed by atoms with E-state index in [-0.39, 0.29) is 36.1 Å². The fourth-order valence-electron chi connectivity index (χ4n) is 2.61. The van der Waals surface area contributed by atoms with E-state index in [1.54, 1.807) is 44.4 Å². The molecule has 13 nitrogen and oxygen atoms in total. The second-order valence-electron chi connectivity index (χ2n) is 7.60. The molecule has 202 valence electrons. The highest BCUT2D eigenvalue weighted by Gasteiger charge is 2.11. The summed E-state index contributed by atoms with van der Waals surface area (Å²) in [5.74, 6) is -0.338. The Morgan fingerprint density at radius 2 is 1.54 bits per heavy atom. The number of carbonyl (C=O) groups excluding carboxylic acids is 2. The predicted molar refractivity (Wildman–Crippen MR) is 136 cm³/mol. The molecule has 0 saturated heterocycles. The van der Waals surface area contributed by atoms with Crippen LogP contribution in [0.2, 0.25) is 0 Å². The molecule has 0 aliphatic heterocycles. The number of para-hydroxylation sites is 1. The number of hydrogen-bond donors (Lipinski definition) is 3. The normalized spacial score (nSPS) is 12.0. The van der Waals surface area contributed by atoms with Crippen LogP contribution in [0.15, 0.2) is 46.6 Å². The molecule has 0 radical (unpaired) electrons. The minimum Gasteiger partial charge on any atom is -0.424 e. The van der Waals surface area contributed by atoms with Gasteiger partial charge in [0.25, 0.3) is 0 Å². The minimum absolute atomic E-state index is 0.0527. The molecule has 0 spiro atoms. The topological polar surface area (TPSA) is 182 Å². The van der Waals surface area contributed by atoms with E-state index in [2.05, 4.69) is 20.5 Å². The molecule has 0 aliphatic rings. The van der Waals surface area contributed by atoms with Crippen LogP contribution in [-0.4, -0.2) is 76.3 Å². The molecule has 1 atom stereocenters. The molecule has 0 saturated carbocycles. The summed E-state index contributed by atoms with van der Waals surface area (Å²) >= 11 is 0. The molecule has 1 heterocycles. The van der Waals surface area contributed by atoms with Crippen molar-refractivity contribution in [1.29, 1.82) is 0 Å². The van der Waals surface area contributed by atoms with Crippen molar-refractivity contribution in [1.82, 2.24) is 4.98 Å². The molecule has 1 amide bonds. The third-order valence-corrected chi connectivity index (χ3v) is 4.55. The van der Waals surface area contributed by atoms with Crippen molar-refractivity contribution < 1.29 is 33.3 Å². The highest BCUT2D eigenvalue weighted by molar-refractivity contribution is 5.93. The number of carbonyl (C=O) groups is 2. The van der Waals surface area contributed by atoms with Crippen molar-refractivity contribution in [3.05, 3.63) is 36.4 Å². The first-order valence-electron chi connectivity index (χ1n) is 11.7. The van der Waals surface area contributed by atoms with Gasteiger partial charge in [-0.05, 0) is 31.2 Å². The van der Waals surface area contributed by atoms with Crippen molar-refractivity contribution in [2.75, 3.05) is 64.4 Å². The Balaban J connectivity index is 1.77. The van der Waals surface area contributed by atoms with Gasteiger partial charge in [0.1, 0.15) is 17.2 Å². The number of anilines is 2. The first-order chi connectivity index (χ1) is 17.9. The quantitative estimate of drug-likeness (QED) is 0.122. The molecular formula is C24H34N6O7. The Labute approximate surface area is 215 Å². The number of benzene rings is 1. The van der Waals surface area contributed by atoms with Crippen molar-refractivity contribution in [3.63, 3.8) is 0 Å². The third-order valence-electron chi connectivity index (χ3n) is 4.55. The average molecular weight is 519 g/mol. The Morgan fingerprint density at radius 3 is 2.19 bits per heavy atom. The maximum Gasteiger partial charge on any atom is 0.313 e. The van der Waals surface area contributed by atoms with Crippen LogP contribution in [0.5, 0.6) is 5.75 Å². The summed E-state index contributed by atoms with van der Waals surface area (Å²) in [5, 5.41) is 10.8. The van der Waals surface area contributed by atoms with Crippen LogP contribution in [-0.2, 0) is 28.5 Å². The number of nitrogen functional groups attached to an aromatic ring is 1. The lowest BCUT2D eigenvalue weighted by molar-refractivity contribution is -0.135. The minimum atomic E-state index is -0.691. The van der Waals surface area contributed by atoms with Gasteiger partial charge in [-0.25, -0.2) is 4.98 Å². The Hall–Kier alpha value is -3.49. The zero-order chi connectivity index (χ0) is 26.9. The van der Waals surface area contributed by atoms with Gasteiger partial charge in [0.2, 0.25) is 5.91 Å². The van der Waals surface area contributed by atoms with E-state index in [1.807, 2.05) is 0 Å². The van der Waals surface area contributed by atoms with Gasteiger partial charge < -0.3 is 40.5 Å². The van der Waals surface area contributed by atoms with Gasteiger partial charge in [-0.2, -0.15) is 0 Å². The summed E-state index contributed by atoms with van der Waals surface area (Å²) in [4.78, 5) is 28.0. The fourth-order valence-corrected chi connectivity index (χ4v) is 2.61. The van der Waals surface area contributed by atoms with Crippen LogP contribution in [0.4, 0.5) is 23.0 Å². The Bertz CT molecular complexity index is 1020. The molecule has 13 heteroatoms. The lowest BCUT2D eigenvalue weighted by Crippen LogP contribution is -2.32. The van der Waals surface area contributed by atoms with E-state index >= 15 is 0 Å². The molecule has 0 unspecified atom stereocenters. The lowest BCUT2D eigenvalue weighted by atomic mass is 10.3. The molecule has 2 aromatic rings. The van der Waals surface area contributed by atoms with E-state index in [4.69, 9.17) is 35.2 Å². The number of hydrogen-bond acceptors (Lipinski definition) is 12. The summed E-state index contributed by atoms with van der Waals surface area (Å²) in [5.41, 5.74) is 12.0. The van der Waals surface area contributed by atoms with E-state index in [0.29, 0.717) is 45.3 Å². The molecule has 0 fully saturated rings. The zero-order valence-corrected chi connectivity index (χ0v) is 21.1. The number of pyridine rings is 1. The number of ether oxygens (including phenoxy) is 5. The van der Waals surface area contributed by atoms with Crippen LogP contribution in [0.3, 0.4) is 0 Å². The highest BCUT2D eigenvalue weighted by Crippen LogP contribution is 2.30. The number of nitrogens with two attached hydrogens (primary N) is 2. The monoisotopic (exact) mass is 518 g/mol. The Kier molecular flexibility index (Phi) is 13.7. The van der Waals surface area contributed by atoms with Crippen LogP contribution in [0.25, 0.3) is 0 Å². The van der Waals surface area contributed by atoms with Gasteiger partial charge in [0.05, 0.1) is 58.7 Å². The predicted octanol–water partition coefficient (Wildman–Crippen LogP) is 2.36. The van der Waals surface area contributed by atoms with Crippen molar-refractivity contribution in [2.45, 2.75) is 19.4 Å². The van der Waals surface area contributed by atoms with Gasteiger partial charge in [0, 0.05) is 7.11 Å². The number of azo groups is 1. The number of rotatable bonds is 17. The Morgan fingerprint density at radius 1 is 0.919 bits per heavy atom. The molecule has 1 aromatic carbocycles. The first-order valence-corrected chi connectivity index (χ1v) is 11.7. The van der Waals surface area contributed by atoms with Crippen LogP contribution >= 0.6 is 0 Å². The fraction of sp³-hybridized carbons (Fsp3) is 0.458. The number of nitrogens with zero attached hydrogens (tertiary/aromatic N) is 3. The van der Waals surface area contributed by atoms with Crippen molar-refractivity contribution in [3.8, 4) is 5.75 Å². The number of methoxy groups -OCH3 is 1. The SMILES string of the molecule is COCCOCCOCCOCCC(=O)Oc1ccccc1N=Nc1ccc(NC(=O)[C@H](C)N)nc1N. The summed E-state index contributed by atoms with van der Waals surface area (Å²) in [6.07, 6.45) is 0.0527. The lowest BCUT2D eigenvalue weighted by Gasteiger charge is -2.09. The summed E-state index contributed by atoms with van der Waals surface area (Å²) < 4.78 is 26.3. The molecule has 37 heavy (non-hydrogen) atoms. The highest BCUT2D eigenvalue weighted by atomic mass is 16.6. The summed E-state index contributed by atoms with van der Waals surface area (Å²) in [6.45, 7) is 4.48. The van der Waals surface area contributed by atoms with E-state index < -0.39 is 17.9 Å². The molecular weight excluding hydrogens is 484 g/mol. The summed E-state index contributed by atoms with van der Waals surface area (Å²) in [7, 11) is 1.61. The van der Waals surface area contributed by atoms with Crippen molar-refractivity contribution >= 4 is 34.9 Å². The first kappa shape index (κ1) is 29.7. The molecule has 1 aromatic heterocycles.